The third kappa shape index (κ3) is 4.78. The zero-order valence-electron chi connectivity index (χ0n) is 15.9. The maximum absolute atomic E-state index is 12.6. The van der Waals surface area contributed by atoms with E-state index >= 15 is 0 Å². The largest absolute Gasteiger partial charge is 0.497 e. The van der Waals surface area contributed by atoms with Crippen LogP contribution in [0.25, 0.3) is 0 Å². The van der Waals surface area contributed by atoms with Crippen LogP contribution in [-0.2, 0) is 17.8 Å². The number of methoxy groups -OCH3 is 1. The molecule has 6 nitrogen and oxygen atoms in total. The monoisotopic (exact) mass is 366 g/mol. The van der Waals surface area contributed by atoms with Crippen molar-refractivity contribution >= 4 is 17.6 Å². The average Bonchev–Trinajstić information content (AvgIpc) is 3.14. The summed E-state index contributed by atoms with van der Waals surface area (Å²) in [6, 6.07) is 15.9. The van der Waals surface area contributed by atoms with Gasteiger partial charge in [-0.3, -0.25) is 4.79 Å². The third-order valence-electron chi connectivity index (χ3n) is 4.52. The Labute approximate surface area is 160 Å². The van der Waals surface area contributed by atoms with E-state index in [4.69, 9.17) is 4.74 Å². The molecule has 142 valence electrons. The molecule has 0 aliphatic carbocycles. The van der Waals surface area contributed by atoms with Gasteiger partial charge in [0.05, 0.1) is 20.2 Å². The summed E-state index contributed by atoms with van der Waals surface area (Å²) in [5, 5.41) is 6.33. The number of amides is 1. The van der Waals surface area contributed by atoms with Crippen molar-refractivity contribution in [1.29, 1.82) is 0 Å². The van der Waals surface area contributed by atoms with Gasteiger partial charge in [0.1, 0.15) is 5.75 Å². The molecule has 6 heteroatoms. The maximum Gasteiger partial charge on any atom is 0.246 e. The molecule has 0 radical (unpaired) electrons. The number of rotatable bonds is 6. The summed E-state index contributed by atoms with van der Waals surface area (Å²) in [6.07, 6.45) is 0.910. The van der Waals surface area contributed by atoms with Crippen molar-refractivity contribution in [2.75, 3.05) is 31.6 Å². The smallest absolute Gasteiger partial charge is 0.246 e. The number of nitrogens with zero attached hydrogens (tertiary/aromatic N) is 2. The molecule has 0 saturated heterocycles. The van der Waals surface area contributed by atoms with Crippen molar-refractivity contribution < 1.29 is 9.53 Å². The number of benzene rings is 2. The van der Waals surface area contributed by atoms with Crippen molar-refractivity contribution in [3.8, 4) is 5.75 Å². The summed E-state index contributed by atoms with van der Waals surface area (Å²) in [5.74, 6) is 1.51. The van der Waals surface area contributed by atoms with Crippen LogP contribution in [0.3, 0.4) is 0 Å². The van der Waals surface area contributed by atoms with Crippen molar-refractivity contribution in [3.05, 3.63) is 59.7 Å². The molecule has 0 atom stereocenters. The molecule has 0 saturated carbocycles. The number of anilines is 1. The lowest BCUT2D eigenvalue weighted by Gasteiger charge is -2.18. The van der Waals surface area contributed by atoms with Gasteiger partial charge < -0.3 is 20.3 Å². The third-order valence-corrected chi connectivity index (χ3v) is 4.52. The van der Waals surface area contributed by atoms with Gasteiger partial charge >= 0.3 is 0 Å². The molecule has 1 aliphatic rings. The van der Waals surface area contributed by atoms with Gasteiger partial charge in [-0.25, -0.2) is 4.99 Å². The summed E-state index contributed by atoms with van der Waals surface area (Å²) >= 11 is 0. The Morgan fingerprint density at radius 2 is 1.93 bits per heavy atom. The van der Waals surface area contributed by atoms with Gasteiger partial charge in [-0.1, -0.05) is 30.3 Å². The fourth-order valence-electron chi connectivity index (χ4n) is 3.10. The number of hydrogen-bond donors (Lipinski definition) is 2. The molecule has 0 unspecified atom stereocenters. The number of guanidine groups is 1. The van der Waals surface area contributed by atoms with Gasteiger partial charge in [0, 0.05) is 18.8 Å². The van der Waals surface area contributed by atoms with Crippen LogP contribution in [0.2, 0.25) is 0 Å². The first-order valence-corrected chi connectivity index (χ1v) is 9.24. The first-order chi connectivity index (χ1) is 13.2. The molecule has 0 fully saturated rings. The highest BCUT2D eigenvalue weighted by Crippen LogP contribution is 2.27. The number of ether oxygens (including phenoxy) is 1. The molecule has 1 aliphatic heterocycles. The van der Waals surface area contributed by atoms with E-state index in [0.717, 1.165) is 36.5 Å². The van der Waals surface area contributed by atoms with Gasteiger partial charge in [0.2, 0.25) is 5.91 Å². The zero-order chi connectivity index (χ0) is 19.1. The first-order valence-electron chi connectivity index (χ1n) is 9.24. The molecular weight excluding hydrogens is 340 g/mol. The molecule has 0 spiro atoms. The minimum atomic E-state index is 0.0509. The fourth-order valence-corrected chi connectivity index (χ4v) is 3.10. The van der Waals surface area contributed by atoms with Crippen LogP contribution in [0.15, 0.2) is 53.5 Å². The van der Waals surface area contributed by atoms with Crippen LogP contribution in [0.4, 0.5) is 5.69 Å². The lowest BCUT2D eigenvalue weighted by molar-refractivity contribution is -0.117. The van der Waals surface area contributed by atoms with Crippen LogP contribution in [0.5, 0.6) is 5.75 Å². The first kappa shape index (κ1) is 18.8. The van der Waals surface area contributed by atoms with Crippen LogP contribution in [-0.4, -0.2) is 38.6 Å². The number of hydrogen-bond acceptors (Lipinski definition) is 3. The van der Waals surface area contributed by atoms with Crippen molar-refractivity contribution in [2.45, 2.75) is 19.9 Å². The van der Waals surface area contributed by atoms with Gasteiger partial charge in [-0.05, 0) is 42.7 Å². The Balaban J connectivity index is 1.58. The predicted octanol–water partition coefficient (Wildman–Crippen LogP) is 2.34. The van der Waals surface area contributed by atoms with Gasteiger partial charge in [-0.15, -0.1) is 0 Å². The van der Waals surface area contributed by atoms with E-state index in [1.54, 1.807) is 7.11 Å². The molecule has 2 aromatic rings. The lowest BCUT2D eigenvalue weighted by Crippen LogP contribution is -2.44. The highest BCUT2D eigenvalue weighted by atomic mass is 16.5. The highest BCUT2D eigenvalue weighted by molar-refractivity contribution is 5.98. The molecule has 0 aromatic heterocycles. The van der Waals surface area contributed by atoms with Gasteiger partial charge in [-0.2, -0.15) is 0 Å². The molecule has 27 heavy (non-hydrogen) atoms. The number of carbonyl (C=O) groups is 1. The quantitative estimate of drug-likeness (QED) is 0.608. The minimum Gasteiger partial charge on any atom is -0.497 e. The zero-order valence-corrected chi connectivity index (χ0v) is 15.9. The Morgan fingerprint density at radius 3 is 2.67 bits per heavy atom. The minimum absolute atomic E-state index is 0.0509. The number of nitrogens with one attached hydrogen (secondary N) is 2. The second-order valence-electron chi connectivity index (χ2n) is 6.32. The fraction of sp³-hybridized carbons (Fsp3) is 0.333. The highest BCUT2D eigenvalue weighted by Gasteiger charge is 2.23. The lowest BCUT2D eigenvalue weighted by atomic mass is 10.2. The number of para-hydroxylation sites is 1. The standard InChI is InChI=1S/C21H26N4O2/c1-3-22-21(23-14-16-8-10-18(27-2)11-9-16)24-15-20(26)25-13-12-17-6-4-5-7-19(17)25/h4-11H,3,12-15H2,1-2H3,(H2,22,23,24). The second kappa shape index (κ2) is 9.07. The van der Waals surface area contributed by atoms with E-state index in [0.29, 0.717) is 12.5 Å². The average molecular weight is 366 g/mol. The molecule has 0 bridgehead atoms. The molecule has 2 aromatic carbocycles. The molecule has 2 N–H and O–H groups in total. The second-order valence-corrected chi connectivity index (χ2v) is 6.32. The molecular formula is C21H26N4O2. The van der Waals surface area contributed by atoms with E-state index in [1.165, 1.54) is 5.56 Å². The van der Waals surface area contributed by atoms with E-state index in [2.05, 4.69) is 21.7 Å². The normalized spacial score (nSPS) is 13.3. The molecule has 1 amide bonds. The van der Waals surface area contributed by atoms with Crippen molar-refractivity contribution in [1.82, 2.24) is 10.6 Å². The van der Waals surface area contributed by atoms with E-state index < -0.39 is 0 Å². The van der Waals surface area contributed by atoms with Crippen LogP contribution in [0.1, 0.15) is 18.1 Å². The Kier molecular flexibility index (Phi) is 6.30. The van der Waals surface area contributed by atoms with Crippen molar-refractivity contribution in [2.24, 2.45) is 4.99 Å². The van der Waals surface area contributed by atoms with E-state index in [-0.39, 0.29) is 12.5 Å². The number of carbonyl (C=O) groups excluding carboxylic acids is 1. The Morgan fingerprint density at radius 1 is 1.15 bits per heavy atom. The summed E-state index contributed by atoms with van der Waals surface area (Å²) in [4.78, 5) is 19.0. The number of fused-ring (bicyclic) bond motifs is 1. The molecule has 3 rings (SSSR count). The van der Waals surface area contributed by atoms with E-state index in [9.17, 15) is 4.79 Å². The van der Waals surface area contributed by atoms with Gasteiger partial charge in [0.25, 0.3) is 0 Å². The summed E-state index contributed by atoms with van der Waals surface area (Å²) in [7, 11) is 1.65. The summed E-state index contributed by atoms with van der Waals surface area (Å²) in [6.45, 7) is 4.21. The van der Waals surface area contributed by atoms with Crippen LogP contribution < -0.4 is 20.3 Å². The summed E-state index contributed by atoms with van der Waals surface area (Å²) < 4.78 is 5.17. The van der Waals surface area contributed by atoms with Crippen LogP contribution in [0, 0.1) is 0 Å². The van der Waals surface area contributed by atoms with E-state index in [1.807, 2.05) is 54.3 Å². The Bertz CT molecular complexity index is 802. The predicted molar refractivity (Wildman–Crippen MR) is 108 cm³/mol. The Hall–Kier alpha value is -3.02. The molecule has 1 heterocycles. The topological polar surface area (TPSA) is 66.0 Å². The maximum atomic E-state index is 12.6. The van der Waals surface area contributed by atoms with Crippen molar-refractivity contribution in [3.63, 3.8) is 0 Å². The summed E-state index contributed by atoms with van der Waals surface area (Å²) in [5.41, 5.74) is 3.32. The van der Waals surface area contributed by atoms with Crippen LogP contribution >= 0.6 is 0 Å². The number of aliphatic imine (C=N–C) groups is 1. The van der Waals surface area contributed by atoms with Gasteiger partial charge in [0.15, 0.2) is 5.96 Å². The SMILES string of the molecule is CCNC(=NCc1ccc(OC)cc1)NCC(=O)N1CCc2ccccc21.